The van der Waals surface area contributed by atoms with Crippen molar-refractivity contribution in [3.8, 4) is 0 Å². The highest BCUT2D eigenvalue weighted by Crippen LogP contribution is 2.26. The molecule has 0 bridgehead atoms. The normalized spacial score (nSPS) is 22.1. The summed E-state index contributed by atoms with van der Waals surface area (Å²) in [5, 5.41) is 0. The molecule has 0 aliphatic carbocycles. The number of halogens is 1. The molecule has 2 atom stereocenters. The number of nitrogens with two attached hydrogens (primary N) is 1. The summed E-state index contributed by atoms with van der Waals surface area (Å²) in [5.74, 6) is -0.146. The second-order valence-corrected chi connectivity index (χ2v) is 5.66. The van der Waals surface area contributed by atoms with Crippen LogP contribution in [-0.2, 0) is 0 Å². The number of likely N-dealkylation sites (tertiary alicyclic amines) is 1. The number of hydrogen-bond acceptors (Lipinski definition) is 3. The van der Waals surface area contributed by atoms with Crippen LogP contribution in [0.1, 0.15) is 23.6 Å². The van der Waals surface area contributed by atoms with Crippen molar-refractivity contribution < 1.29 is 4.39 Å². The lowest BCUT2D eigenvalue weighted by atomic mass is 10.0. The van der Waals surface area contributed by atoms with Gasteiger partial charge in [0.1, 0.15) is 5.82 Å². The van der Waals surface area contributed by atoms with Crippen LogP contribution in [0.4, 0.5) is 4.39 Å². The molecule has 1 aromatic rings. The Hall–Kier alpha value is -0.970. The van der Waals surface area contributed by atoms with Gasteiger partial charge in [-0.3, -0.25) is 4.90 Å². The number of nitrogens with zero attached hydrogens (tertiary/aromatic N) is 2. The standard InChI is InChI=1S/C15H24FN3/c1-11-8-12(4-5-14(11)16)15(9-17)19-7-6-13(10-19)18(2)3/h4-5,8,13,15H,6-7,9-10,17H2,1-3H3. The molecule has 0 spiro atoms. The maximum Gasteiger partial charge on any atom is 0.126 e. The zero-order valence-electron chi connectivity index (χ0n) is 12.1. The zero-order chi connectivity index (χ0) is 14.0. The first-order chi connectivity index (χ1) is 9.02. The zero-order valence-corrected chi connectivity index (χ0v) is 12.1. The minimum Gasteiger partial charge on any atom is -0.329 e. The fourth-order valence-corrected chi connectivity index (χ4v) is 2.84. The number of rotatable bonds is 4. The van der Waals surface area contributed by atoms with Crippen LogP contribution in [0, 0.1) is 12.7 Å². The van der Waals surface area contributed by atoms with Gasteiger partial charge >= 0.3 is 0 Å². The summed E-state index contributed by atoms with van der Waals surface area (Å²) in [6.45, 7) is 4.47. The molecule has 0 amide bonds. The van der Waals surface area contributed by atoms with Crippen LogP contribution in [0.3, 0.4) is 0 Å². The van der Waals surface area contributed by atoms with E-state index >= 15 is 0 Å². The first kappa shape index (κ1) is 14.4. The Labute approximate surface area is 115 Å². The van der Waals surface area contributed by atoms with Gasteiger partial charge in [-0.05, 0) is 44.6 Å². The number of hydrogen-bond donors (Lipinski definition) is 1. The van der Waals surface area contributed by atoms with E-state index in [-0.39, 0.29) is 11.9 Å². The fraction of sp³-hybridized carbons (Fsp3) is 0.600. The van der Waals surface area contributed by atoms with E-state index in [0.717, 1.165) is 18.7 Å². The van der Waals surface area contributed by atoms with Crippen LogP contribution in [0.2, 0.25) is 0 Å². The monoisotopic (exact) mass is 265 g/mol. The lowest BCUT2D eigenvalue weighted by Crippen LogP contribution is -2.36. The van der Waals surface area contributed by atoms with E-state index in [2.05, 4.69) is 23.9 Å². The van der Waals surface area contributed by atoms with Gasteiger partial charge < -0.3 is 10.6 Å². The van der Waals surface area contributed by atoms with Crippen molar-refractivity contribution in [2.24, 2.45) is 5.73 Å². The van der Waals surface area contributed by atoms with Crippen molar-refractivity contribution in [3.05, 3.63) is 35.1 Å². The van der Waals surface area contributed by atoms with Gasteiger partial charge in [0.05, 0.1) is 0 Å². The van der Waals surface area contributed by atoms with Crippen LogP contribution >= 0.6 is 0 Å². The molecular formula is C15H24FN3. The van der Waals surface area contributed by atoms with E-state index in [4.69, 9.17) is 5.73 Å². The van der Waals surface area contributed by atoms with E-state index < -0.39 is 0 Å². The summed E-state index contributed by atoms with van der Waals surface area (Å²) in [4.78, 5) is 4.68. The van der Waals surface area contributed by atoms with Gasteiger partial charge in [-0.2, -0.15) is 0 Å². The summed E-state index contributed by atoms with van der Waals surface area (Å²) in [6, 6.07) is 6.13. The second kappa shape index (κ2) is 5.99. The van der Waals surface area contributed by atoms with Gasteiger partial charge in [0.15, 0.2) is 0 Å². The number of benzene rings is 1. The Kier molecular flexibility index (Phi) is 4.55. The molecule has 1 aliphatic rings. The fourth-order valence-electron chi connectivity index (χ4n) is 2.84. The average Bonchev–Trinajstić information content (AvgIpc) is 2.84. The van der Waals surface area contributed by atoms with Gasteiger partial charge in [-0.15, -0.1) is 0 Å². The Bertz CT molecular complexity index is 433. The first-order valence-electron chi connectivity index (χ1n) is 6.89. The Morgan fingerprint density at radius 3 is 2.74 bits per heavy atom. The average molecular weight is 265 g/mol. The van der Waals surface area contributed by atoms with Gasteiger partial charge in [0, 0.05) is 31.7 Å². The van der Waals surface area contributed by atoms with E-state index in [0.29, 0.717) is 18.2 Å². The third-order valence-electron chi connectivity index (χ3n) is 4.16. The summed E-state index contributed by atoms with van der Waals surface area (Å²) in [7, 11) is 4.24. The van der Waals surface area contributed by atoms with Crippen molar-refractivity contribution >= 4 is 0 Å². The highest BCUT2D eigenvalue weighted by atomic mass is 19.1. The maximum atomic E-state index is 13.4. The van der Waals surface area contributed by atoms with Crippen molar-refractivity contribution in [1.82, 2.24) is 9.80 Å². The van der Waals surface area contributed by atoms with Gasteiger partial charge in [-0.25, -0.2) is 4.39 Å². The lowest BCUT2D eigenvalue weighted by Gasteiger charge is -2.28. The van der Waals surface area contributed by atoms with Crippen molar-refractivity contribution in [1.29, 1.82) is 0 Å². The number of aryl methyl sites for hydroxylation is 1. The smallest absolute Gasteiger partial charge is 0.126 e. The molecule has 2 unspecified atom stereocenters. The third kappa shape index (κ3) is 3.14. The third-order valence-corrected chi connectivity index (χ3v) is 4.16. The van der Waals surface area contributed by atoms with Crippen LogP contribution in [0.25, 0.3) is 0 Å². The predicted molar refractivity (Wildman–Crippen MR) is 76.6 cm³/mol. The van der Waals surface area contributed by atoms with Crippen LogP contribution in [-0.4, -0.2) is 49.6 Å². The van der Waals surface area contributed by atoms with Crippen molar-refractivity contribution in [2.75, 3.05) is 33.7 Å². The maximum absolute atomic E-state index is 13.4. The predicted octanol–water partition coefficient (Wildman–Crippen LogP) is 1.77. The minimum absolute atomic E-state index is 0.146. The molecular weight excluding hydrogens is 241 g/mol. The summed E-state index contributed by atoms with van der Waals surface area (Å²) < 4.78 is 13.4. The van der Waals surface area contributed by atoms with E-state index in [1.54, 1.807) is 13.0 Å². The van der Waals surface area contributed by atoms with E-state index in [1.165, 1.54) is 6.42 Å². The van der Waals surface area contributed by atoms with Crippen molar-refractivity contribution in [3.63, 3.8) is 0 Å². The van der Waals surface area contributed by atoms with Gasteiger partial charge in [0.25, 0.3) is 0 Å². The molecule has 1 aromatic carbocycles. The molecule has 1 aliphatic heterocycles. The number of likely N-dealkylation sites (N-methyl/N-ethyl adjacent to an activating group) is 1. The molecule has 19 heavy (non-hydrogen) atoms. The molecule has 1 saturated heterocycles. The molecule has 2 N–H and O–H groups in total. The van der Waals surface area contributed by atoms with E-state index in [9.17, 15) is 4.39 Å². The molecule has 0 radical (unpaired) electrons. The SMILES string of the molecule is Cc1cc(C(CN)N2CCC(N(C)C)C2)ccc1F. The van der Waals surface area contributed by atoms with Crippen LogP contribution in [0.15, 0.2) is 18.2 Å². The molecule has 106 valence electrons. The Balaban J connectivity index is 2.14. The van der Waals surface area contributed by atoms with Crippen LogP contribution < -0.4 is 5.73 Å². The van der Waals surface area contributed by atoms with Gasteiger partial charge in [-0.1, -0.05) is 12.1 Å². The van der Waals surface area contributed by atoms with Crippen LogP contribution in [0.5, 0.6) is 0 Å². The summed E-state index contributed by atoms with van der Waals surface area (Å²) in [5.41, 5.74) is 7.76. The Morgan fingerprint density at radius 2 is 2.21 bits per heavy atom. The molecule has 2 rings (SSSR count). The molecule has 4 heteroatoms. The molecule has 0 aromatic heterocycles. The molecule has 1 heterocycles. The molecule has 0 saturated carbocycles. The van der Waals surface area contributed by atoms with Crippen molar-refractivity contribution in [2.45, 2.75) is 25.4 Å². The first-order valence-corrected chi connectivity index (χ1v) is 6.89. The highest BCUT2D eigenvalue weighted by Gasteiger charge is 2.29. The highest BCUT2D eigenvalue weighted by molar-refractivity contribution is 5.27. The lowest BCUT2D eigenvalue weighted by molar-refractivity contribution is 0.220. The molecule has 3 nitrogen and oxygen atoms in total. The topological polar surface area (TPSA) is 32.5 Å². The quantitative estimate of drug-likeness (QED) is 0.900. The Morgan fingerprint density at radius 1 is 1.47 bits per heavy atom. The molecule has 1 fully saturated rings. The van der Waals surface area contributed by atoms with Gasteiger partial charge in [0.2, 0.25) is 0 Å². The van der Waals surface area contributed by atoms with E-state index in [1.807, 2.05) is 12.1 Å². The largest absolute Gasteiger partial charge is 0.329 e. The minimum atomic E-state index is -0.146. The summed E-state index contributed by atoms with van der Waals surface area (Å²) in [6.07, 6.45) is 1.17. The second-order valence-electron chi connectivity index (χ2n) is 5.66. The summed E-state index contributed by atoms with van der Waals surface area (Å²) >= 11 is 0.